The summed E-state index contributed by atoms with van der Waals surface area (Å²) >= 11 is 0. The summed E-state index contributed by atoms with van der Waals surface area (Å²) in [6.07, 6.45) is 4.88. The number of rotatable bonds is 4. The van der Waals surface area contributed by atoms with Crippen LogP contribution in [-0.4, -0.2) is 19.6 Å². The molecule has 1 aliphatic carbocycles. The summed E-state index contributed by atoms with van der Waals surface area (Å²) in [4.78, 5) is 11.5. The van der Waals surface area contributed by atoms with Gasteiger partial charge in [0, 0.05) is 6.42 Å². The first-order chi connectivity index (χ1) is 10.2. The standard InChI is InChI=1S/C16H21FO2.CH5N/c1-2-19-16(18)11-12-4-3-5-14(10-12)13-6-8-15(17)9-7-13;1-2/h6-9,12,14H,2-5,10-11H2,1H3;2H2,1H3. The molecule has 2 unspecified atom stereocenters. The van der Waals surface area contributed by atoms with Crippen molar-refractivity contribution in [2.24, 2.45) is 11.7 Å². The van der Waals surface area contributed by atoms with E-state index in [0.717, 1.165) is 25.7 Å². The summed E-state index contributed by atoms with van der Waals surface area (Å²) in [5.41, 5.74) is 5.69. The van der Waals surface area contributed by atoms with E-state index in [9.17, 15) is 9.18 Å². The number of hydrogen-bond donors (Lipinski definition) is 1. The quantitative estimate of drug-likeness (QED) is 0.863. The lowest BCUT2D eigenvalue weighted by molar-refractivity contribution is -0.144. The molecule has 0 spiro atoms. The highest BCUT2D eigenvalue weighted by molar-refractivity contribution is 5.69. The van der Waals surface area contributed by atoms with Crippen LogP contribution < -0.4 is 5.73 Å². The molecule has 0 amide bonds. The number of halogens is 1. The molecular weight excluding hydrogens is 269 g/mol. The highest BCUT2D eigenvalue weighted by Crippen LogP contribution is 2.37. The van der Waals surface area contributed by atoms with E-state index in [1.54, 1.807) is 0 Å². The molecule has 0 radical (unpaired) electrons. The molecule has 21 heavy (non-hydrogen) atoms. The highest BCUT2D eigenvalue weighted by Gasteiger charge is 2.25. The Morgan fingerprint density at radius 3 is 2.57 bits per heavy atom. The topological polar surface area (TPSA) is 52.3 Å². The van der Waals surface area contributed by atoms with Gasteiger partial charge in [0.15, 0.2) is 0 Å². The third kappa shape index (κ3) is 5.84. The highest BCUT2D eigenvalue weighted by atomic mass is 19.1. The molecule has 4 heteroatoms. The molecule has 0 aromatic heterocycles. The van der Waals surface area contributed by atoms with Gasteiger partial charge < -0.3 is 10.5 Å². The largest absolute Gasteiger partial charge is 0.466 e. The van der Waals surface area contributed by atoms with Crippen molar-refractivity contribution in [3.05, 3.63) is 35.6 Å². The van der Waals surface area contributed by atoms with E-state index >= 15 is 0 Å². The third-order valence-corrected chi connectivity index (χ3v) is 3.88. The Kier molecular flexibility index (Phi) is 7.98. The van der Waals surface area contributed by atoms with E-state index < -0.39 is 0 Å². The fourth-order valence-corrected chi connectivity index (χ4v) is 2.97. The monoisotopic (exact) mass is 295 g/mol. The van der Waals surface area contributed by atoms with Crippen molar-refractivity contribution in [1.29, 1.82) is 0 Å². The van der Waals surface area contributed by atoms with Crippen LogP contribution in [0.2, 0.25) is 0 Å². The Morgan fingerprint density at radius 1 is 1.29 bits per heavy atom. The summed E-state index contributed by atoms with van der Waals surface area (Å²) < 4.78 is 17.9. The molecule has 1 aliphatic rings. The van der Waals surface area contributed by atoms with Crippen LogP contribution in [0.15, 0.2) is 24.3 Å². The number of carbonyl (C=O) groups is 1. The van der Waals surface area contributed by atoms with E-state index in [4.69, 9.17) is 4.74 Å². The lowest BCUT2D eigenvalue weighted by Crippen LogP contribution is -2.18. The summed E-state index contributed by atoms with van der Waals surface area (Å²) in [6.45, 7) is 2.28. The van der Waals surface area contributed by atoms with Crippen LogP contribution in [0.25, 0.3) is 0 Å². The fraction of sp³-hybridized carbons (Fsp3) is 0.588. The second-order valence-corrected chi connectivity index (χ2v) is 5.29. The van der Waals surface area contributed by atoms with Gasteiger partial charge in [-0.05, 0) is 62.8 Å². The first-order valence-electron chi connectivity index (χ1n) is 7.68. The van der Waals surface area contributed by atoms with Crippen LogP contribution in [0.5, 0.6) is 0 Å². The zero-order valence-electron chi connectivity index (χ0n) is 13.0. The second-order valence-electron chi connectivity index (χ2n) is 5.29. The number of ether oxygens (including phenoxy) is 1. The average Bonchev–Trinajstić information content (AvgIpc) is 2.50. The molecule has 118 valence electrons. The van der Waals surface area contributed by atoms with Gasteiger partial charge >= 0.3 is 5.97 Å². The van der Waals surface area contributed by atoms with Gasteiger partial charge in [0.1, 0.15) is 5.82 Å². The van der Waals surface area contributed by atoms with Gasteiger partial charge in [0.25, 0.3) is 0 Å². The molecule has 2 atom stereocenters. The Bertz CT molecular complexity index is 419. The van der Waals surface area contributed by atoms with Crippen LogP contribution in [0.3, 0.4) is 0 Å². The number of carbonyl (C=O) groups excluding carboxylic acids is 1. The van der Waals surface area contributed by atoms with Crippen molar-refractivity contribution in [3.63, 3.8) is 0 Å². The van der Waals surface area contributed by atoms with Gasteiger partial charge in [-0.2, -0.15) is 0 Å². The summed E-state index contributed by atoms with van der Waals surface area (Å²) in [5.74, 6) is 0.575. The average molecular weight is 295 g/mol. The SMILES string of the molecule is CCOC(=O)CC1CCCC(c2ccc(F)cc2)C1.CN. The van der Waals surface area contributed by atoms with Gasteiger partial charge in [0.05, 0.1) is 6.61 Å². The molecular formula is C17H26FNO2. The smallest absolute Gasteiger partial charge is 0.306 e. The lowest BCUT2D eigenvalue weighted by Gasteiger charge is -2.29. The zero-order valence-corrected chi connectivity index (χ0v) is 13.0. The Labute approximate surface area is 126 Å². The Hall–Kier alpha value is -1.42. The predicted molar refractivity (Wildman–Crippen MR) is 82.5 cm³/mol. The minimum Gasteiger partial charge on any atom is -0.466 e. The fourth-order valence-electron chi connectivity index (χ4n) is 2.97. The van der Waals surface area contributed by atoms with Crippen LogP contribution >= 0.6 is 0 Å². The normalized spacial score (nSPS) is 21.1. The molecule has 2 rings (SSSR count). The van der Waals surface area contributed by atoms with Crippen molar-refractivity contribution >= 4 is 5.97 Å². The van der Waals surface area contributed by atoms with Gasteiger partial charge in [-0.15, -0.1) is 0 Å². The van der Waals surface area contributed by atoms with E-state index in [-0.39, 0.29) is 11.8 Å². The first-order valence-corrected chi connectivity index (χ1v) is 7.68. The van der Waals surface area contributed by atoms with E-state index in [2.05, 4.69) is 5.73 Å². The second kappa shape index (κ2) is 9.50. The van der Waals surface area contributed by atoms with Gasteiger partial charge in [-0.3, -0.25) is 4.79 Å². The number of nitrogens with two attached hydrogens (primary N) is 1. The molecule has 0 saturated heterocycles. The van der Waals surface area contributed by atoms with Crippen LogP contribution in [0.4, 0.5) is 4.39 Å². The third-order valence-electron chi connectivity index (χ3n) is 3.88. The van der Waals surface area contributed by atoms with E-state index in [0.29, 0.717) is 24.9 Å². The minimum absolute atomic E-state index is 0.0905. The molecule has 3 nitrogen and oxygen atoms in total. The Morgan fingerprint density at radius 2 is 1.95 bits per heavy atom. The first kappa shape index (κ1) is 17.6. The van der Waals surface area contributed by atoms with Crippen LogP contribution in [0.1, 0.15) is 50.5 Å². The predicted octanol–water partition coefficient (Wildman–Crippen LogP) is 3.63. The van der Waals surface area contributed by atoms with Gasteiger partial charge in [-0.1, -0.05) is 18.6 Å². The maximum absolute atomic E-state index is 12.9. The van der Waals surface area contributed by atoms with Crippen molar-refractivity contribution in [2.45, 2.75) is 44.9 Å². The summed E-state index contributed by atoms with van der Waals surface area (Å²) in [6, 6.07) is 6.77. The molecule has 1 fully saturated rings. The van der Waals surface area contributed by atoms with Crippen molar-refractivity contribution < 1.29 is 13.9 Å². The molecule has 1 aromatic carbocycles. The molecule has 2 N–H and O–H groups in total. The zero-order chi connectivity index (χ0) is 15.7. The molecule has 0 aliphatic heterocycles. The van der Waals surface area contributed by atoms with Crippen molar-refractivity contribution in [3.8, 4) is 0 Å². The van der Waals surface area contributed by atoms with Crippen molar-refractivity contribution in [1.82, 2.24) is 0 Å². The van der Waals surface area contributed by atoms with Crippen LogP contribution in [-0.2, 0) is 9.53 Å². The van der Waals surface area contributed by atoms with Crippen LogP contribution in [0, 0.1) is 11.7 Å². The van der Waals surface area contributed by atoms with E-state index in [1.807, 2.05) is 19.1 Å². The van der Waals surface area contributed by atoms with Gasteiger partial charge in [-0.25, -0.2) is 4.39 Å². The maximum Gasteiger partial charge on any atom is 0.306 e. The molecule has 1 aromatic rings. The lowest BCUT2D eigenvalue weighted by atomic mass is 9.77. The maximum atomic E-state index is 12.9. The Balaban J connectivity index is 0.00000106. The molecule has 0 bridgehead atoms. The summed E-state index contributed by atoms with van der Waals surface area (Å²) in [5, 5.41) is 0. The number of hydrogen-bond acceptors (Lipinski definition) is 3. The number of esters is 1. The molecule has 0 heterocycles. The van der Waals surface area contributed by atoms with Crippen molar-refractivity contribution in [2.75, 3.05) is 13.7 Å². The van der Waals surface area contributed by atoms with Gasteiger partial charge in [0.2, 0.25) is 0 Å². The number of benzene rings is 1. The minimum atomic E-state index is -0.192. The van der Waals surface area contributed by atoms with E-state index in [1.165, 1.54) is 24.7 Å². The summed E-state index contributed by atoms with van der Waals surface area (Å²) in [7, 11) is 1.50. The molecule has 1 saturated carbocycles.